The normalized spacial score (nSPS) is 13.2. The third-order valence-electron chi connectivity index (χ3n) is 2.81. The van der Waals surface area contributed by atoms with Gasteiger partial charge in [-0.25, -0.2) is 4.98 Å². The van der Waals surface area contributed by atoms with Gasteiger partial charge < -0.3 is 11.1 Å². The van der Waals surface area contributed by atoms with Crippen molar-refractivity contribution in [2.45, 2.75) is 6.42 Å². The second kappa shape index (κ2) is 3.89. The van der Waals surface area contributed by atoms with Crippen LogP contribution in [-0.2, 0) is 6.42 Å². The van der Waals surface area contributed by atoms with Crippen molar-refractivity contribution in [3.8, 4) is 11.3 Å². The highest BCUT2D eigenvalue weighted by Gasteiger charge is 2.19. The molecule has 1 aliphatic heterocycles. The summed E-state index contributed by atoms with van der Waals surface area (Å²) in [7, 11) is 0. The standard InChI is InChI=1S/C12H11ClN4/c13-8-3-1-7(2-4-8)10-9-5-6-15-11(9)17-12(14)16-10/h1-4H,5-6H2,(H3,14,15,16,17). The fourth-order valence-corrected chi connectivity index (χ4v) is 2.16. The molecule has 0 amide bonds. The molecule has 1 aliphatic rings. The van der Waals surface area contributed by atoms with E-state index < -0.39 is 0 Å². The molecule has 2 aromatic rings. The number of nitrogens with zero attached hydrogens (tertiary/aromatic N) is 2. The van der Waals surface area contributed by atoms with E-state index in [0.29, 0.717) is 11.0 Å². The van der Waals surface area contributed by atoms with Gasteiger partial charge in [0.2, 0.25) is 5.95 Å². The molecular formula is C12H11ClN4. The Hall–Kier alpha value is -1.81. The Bertz CT molecular complexity index is 565. The van der Waals surface area contributed by atoms with Gasteiger partial charge in [-0.3, -0.25) is 0 Å². The molecule has 17 heavy (non-hydrogen) atoms. The van der Waals surface area contributed by atoms with Gasteiger partial charge in [-0.1, -0.05) is 23.7 Å². The molecule has 0 saturated carbocycles. The van der Waals surface area contributed by atoms with Crippen molar-refractivity contribution < 1.29 is 0 Å². The minimum atomic E-state index is 0.295. The summed E-state index contributed by atoms with van der Waals surface area (Å²) in [5, 5.41) is 3.92. The molecule has 2 heterocycles. The Morgan fingerprint density at radius 3 is 2.71 bits per heavy atom. The first-order valence-corrected chi connectivity index (χ1v) is 5.78. The van der Waals surface area contributed by atoms with E-state index in [9.17, 15) is 0 Å². The van der Waals surface area contributed by atoms with Gasteiger partial charge in [-0.15, -0.1) is 0 Å². The Balaban J connectivity index is 2.17. The number of fused-ring (bicyclic) bond motifs is 1. The van der Waals surface area contributed by atoms with Crippen LogP contribution < -0.4 is 11.1 Å². The number of benzene rings is 1. The summed E-state index contributed by atoms with van der Waals surface area (Å²) in [4.78, 5) is 8.52. The van der Waals surface area contributed by atoms with Gasteiger partial charge in [-0.05, 0) is 18.6 Å². The van der Waals surface area contributed by atoms with Gasteiger partial charge in [0.15, 0.2) is 0 Å². The summed E-state index contributed by atoms with van der Waals surface area (Å²) < 4.78 is 0. The molecule has 4 nitrogen and oxygen atoms in total. The number of aromatic nitrogens is 2. The molecule has 0 bridgehead atoms. The van der Waals surface area contributed by atoms with Crippen molar-refractivity contribution in [3.63, 3.8) is 0 Å². The first kappa shape index (κ1) is 10.4. The Morgan fingerprint density at radius 1 is 1.18 bits per heavy atom. The van der Waals surface area contributed by atoms with Gasteiger partial charge in [0.25, 0.3) is 0 Å². The van der Waals surface area contributed by atoms with Crippen LogP contribution in [0.4, 0.5) is 11.8 Å². The molecule has 0 spiro atoms. The fraction of sp³-hybridized carbons (Fsp3) is 0.167. The molecule has 3 N–H and O–H groups in total. The van der Waals surface area contributed by atoms with Crippen molar-refractivity contribution in [2.75, 3.05) is 17.6 Å². The predicted molar refractivity (Wildman–Crippen MR) is 69.1 cm³/mol. The molecule has 5 heteroatoms. The average Bonchev–Trinajstić information content (AvgIpc) is 2.77. The van der Waals surface area contributed by atoms with E-state index in [1.165, 1.54) is 0 Å². The maximum atomic E-state index is 5.88. The average molecular weight is 247 g/mol. The molecule has 0 atom stereocenters. The fourth-order valence-electron chi connectivity index (χ4n) is 2.04. The zero-order chi connectivity index (χ0) is 11.8. The zero-order valence-corrected chi connectivity index (χ0v) is 9.83. The first-order chi connectivity index (χ1) is 8.24. The number of hydrogen-bond donors (Lipinski definition) is 2. The van der Waals surface area contributed by atoms with Crippen LogP contribution in [-0.4, -0.2) is 16.5 Å². The minimum Gasteiger partial charge on any atom is -0.369 e. The lowest BCUT2D eigenvalue weighted by Gasteiger charge is -2.07. The largest absolute Gasteiger partial charge is 0.369 e. The molecule has 0 radical (unpaired) electrons. The molecule has 0 aliphatic carbocycles. The van der Waals surface area contributed by atoms with E-state index in [1.54, 1.807) is 0 Å². The SMILES string of the molecule is Nc1nc2c(c(-c3ccc(Cl)cc3)n1)CCN2. The molecule has 0 saturated heterocycles. The van der Waals surface area contributed by atoms with E-state index in [1.807, 2.05) is 24.3 Å². The summed E-state index contributed by atoms with van der Waals surface area (Å²) >= 11 is 5.88. The smallest absolute Gasteiger partial charge is 0.222 e. The van der Waals surface area contributed by atoms with Crippen molar-refractivity contribution in [2.24, 2.45) is 0 Å². The number of halogens is 1. The second-order valence-electron chi connectivity index (χ2n) is 3.94. The van der Waals surface area contributed by atoms with Gasteiger partial charge in [-0.2, -0.15) is 4.98 Å². The van der Waals surface area contributed by atoms with E-state index >= 15 is 0 Å². The summed E-state index contributed by atoms with van der Waals surface area (Å²) in [6.45, 7) is 0.883. The molecule has 0 fully saturated rings. The molecule has 0 unspecified atom stereocenters. The lowest BCUT2D eigenvalue weighted by molar-refractivity contribution is 1.09. The van der Waals surface area contributed by atoms with Gasteiger partial charge in [0, 0.05) is 22.7 Å². The van der Waals surface area contributed by atoms with Gasteiger partial charge in [0.1, 0.15) is 5.82 Å². The number of hydrogen-bond acceptors (Lipinski definition) is 4. The van der Waals surface area contributed by atoms with Crippen LogP contribution in [0, 0.1) is 0 Å². The third kappa shape index (κ3) is 1.80. The van der Waals surface area contributed by atoms with Crippen molar-refractivity contribution in [3.05, 3.63) is 34.9 Å². The van der Waals surface area contributed by atoms with Crippen LogP contribution >= 0.6 is 11.6 Å². The van der Waals surface area contributed by atoms with Gasteiger partial charge >= 0.3 is 0 Å². The van der Waals surface area contributed by atoms with E-state index in [2.05, 4.69) is 15.3 Å². The van der Waals surface area contributed by atoms with Crippen LogP contribution in [0.1, 0.15) is 5.56 Å². The third-order valence-corrected chi connectivity index (χ3v) is 3.06. The quantitative estimate of drug-likeness (QED) is 0.811. The summed E-state index contributed by atoms with van der Waals surface area (Å²) in [6, 6.07) is 7.60. The maximum Gasteiger partial charge on any atom is 0.222 e. The van der Waals surface area contributed by atoms with Crippen LogP contribution in [0.2, 0.25) is 5.02 Å². The van der Waals surface area contributed by atoms with Crippen LogP contribution in [0.25, 0.3) is 11.3 Å². The highest BCUT2D eigenvalue weighted by Crippen LogP contribution is 2.31. The number of rotatable bonds is 1. The molecular weight excluding hydrogens is 236 g/mol. The first-order valence-electron chi connectivity index (χ1n) is 5.40. The second-order valence-corrected chi connectivity index (χ2v) is 4.38. The van der Waals surface area contributed by atoms with Crippen LogP contribution in [0.15, 0.2) is 24.3 Å². The number of nitrogens with one attached hydrogen (secondary N) is 1. The Kier molecular flexibility index (Phi) is 2.37. The Labute approximate surface area is 104 Å². The van der Waals surface area contributed by atoms with Crippen LogP contribution in [0.5, 0.6) is 0 Å². The molecule has 1 aromatic carbocycles. The predicted octanol–water partition coefficient (Wildman–Crippen LogP) is 2.35. The summed E-state index contributed by atoms with van der Waals surface area (Å²) in [5.41, 5.74) is 8.75. The highest BCUT2D eigenvalue weighted by atomic mass is 35.5. The van der Waals surface area contributed by atoms with Crippen molar-refractivity contribution in [1.29, 1.82) is 0 Å². The van der Waals surface area contributed by atoms with Gasteiger partial charge in [0.05, 0.1) is 5.69 Å². The van der Waals surface area contributed by atoms with E-state index in [-0.39, 0.29) is 0 Å². The topological polar surface area (TPSA) is 63.8 Å². The maximum absolute atomic E-state index is 5.88. The number of nitrogen functional groups attached to an aromatic ring is 1. The molecule has 86 valence electrons. The lowest BCUT2D eigenvalue weighted by Crippen LogP contribution is -2.01. The van der Waals surface area contributed by atoms with E-state index in [0.717, 1.165) is 35.6 Å². The Morgan fingerprint density at radius 2 is 1.94 bits per heavy atom. The summed E-state index contributed by atoms with van der Waals surface area (Å²) in [5.74, 6) is 1.14. The van der Waals surface area contributed by atoms with Crippen molar-refractivity contribution in [1.82, 2.24) is 9.97 Å². The minimum absolute atomic E-state index is 0.295. The number of anilines is 2. The zero-order valence-electron chi connectivity index (χ0n) is 9.07. The monoisotopic (exact) mass is 246 g/mol. The van der Waals surface area contributed by atoms with Crippen molar-refractivity contribution >= 4 is 23.4 Å². The highest BCUT2D eigenvalue weighted by molar-refractivity contribution is 6.30. The number of nitrogens with two attached hydrogens (primary N) is 1. The summed E-state index contributed by atoms with van der Waals surface area (Å²) in [6.07, 6.45) is 0.924. The van der Waals surface area contributed by atoms with Crippen LogP contribution in [0.3, 0.4) is 0 Å². The van der Waals surface area contributed by atoms with E-state index in [4.69, 9.17) is 17.3 Å². The molecule has 3 rings (SSSR count). The molecule has 1 aromatic heterocycles. The lowest BCUT2D eigenvalue weighted by atomic mass is 10.1.